The zero-order valence-corrected chi connectivity index (χ0v) is 11.7. The number of aryl methyl sites for hydroxylation is 1. The number of carbonyl (C=O) groups excluding carboxylic acids is 1. The Morgan fingerprint density at radius 2 is 2.14 bits per heavy atom. The van der Waals surface area contributed by atoms with Gasteiger partial charge in [-0.15, -0.1) is 0 Å². The van der Waals surface area contributed by atoms with Gasteiger partial charge in [0.1, 0.15) is 12.0 Å². The van der Waals surface area contributed by atoms with Crippen LogP contribution >= 0.6 is 11.6 Å². The molecule has 1 aromatic heterocycles. The monoisotopic (exact) mass is 306 g/mol. The molecule has 7 nitrogen and oxygen atoms in total. The molecule has 1 heterocycles. The number of nitrogen functional groups attached to an aromatic ring is 1. The number of hydrogen-bond acceptors (Lipinski definition) is 5. The summed E-state index contributed by atoms with van der Waals surface area (Å²) >= 11 is 6.01. The predicted octanol–water partition coefficient (Wildman–Crippen LogP) is 2.79. The minimum absolute atomic E-state index is 0.0826. The third kappa shape index (κ3) is 3.26. The molecule has 0 saturated carbocycles. The molecule has 0 fully saturated rings. The van der Waals surface area contributed by atoms with Crippen molar-refractivity contribution in [3.63, 3.8) is 0 Å². The number of pyridine rings is 1. The molecular formula is C13H11ClN4O3. The van der Waals surface area contributed by atoms with Crippen LogP contribution < -0.4 is 11.1 Å². The number of nitro groups is 1. The summed E-state index contributed by atoms with van der Waals surface area (Å²) in [5, 5.41) is 13.6. The van der Waals surface area contributed by atoms with Gasteiger partial charge in [-0.2, -0.15) is 0 Å². The van der Waals surface area contributed by atoms with Crippen molar-refractivity contribution >= 4 is 34.7 Å². The van der Waals surface area contributed by atoms with Crippen molar-refractivity contribution in [3.8, 4) is 0 Å². The van der Waals surface area contributed by atoms with E-state index in [0.717, 1.165) is 17.8 Å². The molecule has 0 radical (unpaired) electrons. The van der Waals surface area contributed by atoms with E-state index in [-0.39, 0.29) is 17.1 Å². The van der Waals surface area contributed by atoms with Gasteiger partial charge in [0.15, 0.2) is 0 Å². The molecule has 21 heavy (non-hydrogen) atoms. The number of halogens is 1. The van der Waals surface area contributed by atoms with Crippen LogP contribution in [0.2, 0.25) is 5.02 Å². The fourth-order valence-corrected chi connectivity index (χ4v) is 1.94. The maximum absolute atomic E-state index is 12.1. The largest absolute Gasteiger partial charge is 0.383 e. The third-order valence-corrected chi connectivity index (χ3v) is 3.05. The number of carbonyl (C=O) groups is 1. The lowest BCUT2D eigenvalue weighted by Gasteiger charge is -2.09. The first-order valence-corrected chi connectivity index (χ1v) is 6.23. The first-order valence-electron chi connectivity index (χ1n) is 5.86. The van der Waals surface area contributed by atoms with Gasteiger partial charge in [-0.3, -0.25) is 14.9 Å². The number of amides is 1. The van der Waals surface area contributed by atoms with Gasteiger partial charge < -0.3 is 11.1 Å². The van der Waals surface area contributed by atoms with Crippen LogP contribution in [0.15, 0.2) is 30.5 Å². The zero-order valence-electron chi connectivity index (χ0n) is 11.0. The summed E-state index contributed by atoms with van der Waals surface area (Å²) in [5.74, 6) is -0.712. The molecule has 8 heteroatoms. The molecule has 108 valence electrons. The van der Waals surface area contributed by atoms with Crippen LogP contribution in [0.5, 0.6) is 0 Å². The van der Waals surface area contributed by atoms with Gasteiger partial charge in [0.05, 0.1) is 21.2 Å². The Hall–Kier alpha value is -2.67. The van der Waals surface area contributed by atoms with Gasteiger partial charge in [0.25, 0.3) is 11.6 Å². The SMILES string of the molecule is Cc1ccc(NC(=O)c2cc([N+](=O)[O-])cnc2N)c(Cl)c1. The van der Waals surface area contributed by atoms with E-state index in [0.29, 0.717) is 10.7 Å². The van der Waals surface area contributed by atoms with Gasteiger partial charge in [-0.25, -0.2) is 4.98 Å². The molecule has 0 unspecified atom stereocenters. The normalized spacial score (nSPS) is 10.2. The summed E-state index contributed by atoms with van der Waals surface area (Å²) in [6.45, 7) is 1.86. The average molecular weight is 307 g/mol. The second-order valence-electron chi connectivity index (χ2n) is 4.32. The van der Waals surface area contributed by atoms with Crippen LogP contribution in [-0.2, 0) is 0 Å². The summed E-state index contributed by atoms with van der Waals surface area (Å²) in [6, 6.07) is 6.17. The number of nitrogens with one attached hydrogen (secondary N) is 1. The minimum Gasteiger partial charge on any atom is -0.383 e. The standard InChI is InChI=1S/C13H11ClN4O3/c1-7-2-3-11(10(14)4-7)17-13(19)9-5-8(18(20)21)6-16-12(9)15/h2-6H,1H3,(H2,15,16)(H,17,19). The van der Waals surface area contributed by atoms with Crippen molar-refractivity contribution in [1.29, 1.82) is 0 Å². The zero-order chi connectivity index (χ0) is 15.6. The molecule has 0 saturated heterocycles. The maximum Gasteiger partial charge on any atom is 0.288 e. The van der Waals surface area contributed by atoms with Crippen LogP contribution in [0, 0.1) is 17.0 Å². The molecule has 0 atom stereocenters. The Morgan fingerprint density at radius 3 is 2.76 bits per heavy atom. The molecule has 2 aromatic rings. The van der Waals surface area contributed by atoms with Crippen LogP contribution in [0.3, 0.4) is 0 Å². The Bertz CT molecular complexity index is 733. The Labute approximate surface area is 124 Å². The number of rotatable bonds is 3. The first-order chi connectivity index (χ1) is 9.88. The number of benzene rings is 1. The molecule has 0 aliphatic heterocycles. The minimum atomic E-state index is -0.651. The molecule has 1 amide bonds. The van der Waals surface area contributed by atoms with E-state index in [2.05, 4.69) is 10.3 Å². The number of aromatic nitrogens is 1. The Morgan fingerprint density at radius 1 is 1.43 bits per heavy atom. The van der Waals surface area contributed by atoms with Crippen LogP contribution in [-0.4, -0.2) is 15.8 Å². The van der Waals surface area contributed by atoms with E-state index >= 15 is 0 Å². The number of nitrogens with two attached hydrogens (primary N) is 1. The fourth-order valence-electron chi connectivity index (χ4n) is 1.66. The van der Waals surface area contributed by atoms with Crippen molar-refractivity contribution in [2.24, 2.45) is 0 Å². The van der Waals surface area contributed by atoms with Crippen LogP contribution in [0.25, 0.3) is 0 Å². The highest BCUT2D eigenvalue weighted by molar-refractivity contribution is 6.34. The molecule has 0 bridgehead atoms. The lowest BCUT2D eigenvalue weighted by atomic mass is 10.2. The van der Waals surface area contributed by atoms with Crippen LogP contribution in [0.4, 0.5) is 17.2 Å². The lowest BCUT2D eigenvalue weighted by molar-refractivity contribution is -0.385. The smallest absolute Gasteiger partial charge is 0.288 e. The van der Waals surface area contributed by atoms with Crippen molar-refractivity contribution in [2.75, 3.05) is 11.1 Å². The summed E-state index contributed by atoms with van der Waals surface area (Å²) in [6.07, 6.45) is 0.991. The number of hydrogen-bond donors (Lipinski definition) is 2. The second kappa shape index (κ2) is 5.76. The van der Waals surface area contributed by atoms with Gasteiger partial charge in [-0.1, -0.05) is 17.7 Å². The summed E-state index contributed by atoms with van der Waals surface area (Å²) in [5.41, 5.74) is 6.51. The highest BCUT2D eigenvalue weighted by Crippen LogP contribution is 2.24. The fraction of sp³-hybridized carbons (Fsp3) is 0.0769. The molecule has 1 aromatic carbocycles. The van der Waals surface area contributed by atoms with Gasteiger partial charge in [0.2, 0.25) is 0 Å². The topological polar surface area (TPSA) is 111 Å². The van der Waals surface area contributed by atoms with Gasteiger partial charge in [0, 0.05) is 6.07 Å². The predicted molar refractivity (Wildman–Crippen MR) is 79.4 cm³/mol. The summed E-state index contributed by atoms with van der Waals surface area (Å²) in [4.78, 5) is 25.8. The maximum atomic E-state index is 12.1. The molecule has 0 aliphatic rings. The molecule has 0 spiro atoms. The summed E-state index contributed by atoms with van der Waals surface area (Å²) in [7, 11) is 0. The summed E-state index contributed by atoms with van der Waals surface area (Å²) < 4.78 is 0. The molecule has 3 N–H and O–H groups in total. The van der Waals surface area contributed by atoms with E-state index in [1.54, 1.807) is 18.2 Å². The van der Waals surface area contributed by atoms with Crippen molar-refractivity contribution in [2.45, 2.75) is 6.92 Å². The van der Waals surface area contributed by atoms with Gasteiger partial charge in [-0.05, 0) is 24.6 Å². The van der Waals surface area contributed by atoms with Crippen molar-refractivity contribution < 1.29 is 9.72 Å². The van der Waals surface area contributed by atoms with Crippen molar-refractivity contribution in [3.05, 3.63) is 56.7 Å². The van der Waals surface area contributed by atoms with Gasteiger partial charge >= 0.3 is 0 Å². The van der Waals surface area contributed by atoms with Crippen LogP contribution in [0.1, 0.15) is 15.9 Å². The van der Waals surface area contributed by atoms with E-state index in [1.165, 1.54) is 0 Å². The third-order valence-electron chi connectivity index (χ3n) is 2.73. The second-order valence-corrected chi connectivity index (χ2v) is 4.73. The quantitative estimate of drug-likeness (QED) is 0.669. The van der Waals surface area contributed by atoms with E-state index < -0.39 is 10.8 Å². The number of nitrogens with zero attached hydrogens (tertiary/aromatic N) is 2. The van der Waals surface area contributed by atoms with E-state index in [9.17, 15) is 14.9 Å². The molecular weight excluding hydrogens is 296 g/mol. The highest BCUT2D eigenvalue weighted by Gasteiger charge is 2.17. The average Bonchev–Trinajstić information content (AvgIpc) is 2.42. The van der Waals surface area contributed by atoms with E-state index in [4.69, 9.17) is 17.3 Å². The van der Waals surface area contributed by atoms with Crippen molar-refractivity contribution in [1.82, 2.24) is 4.98 Å². The Balaban J connectivity index is 2.32. The highest BCUT2D eigenvalue weighted by atomic mass is 35.5. The van der Waals surface area contributed by atoms with E-state index in [1.807, 2.05) is 6.92 Å². The first kappa shape index (κ1) is 14.7. The molecule has 0 aliphatic carbocycles. The lowest BCUT2D eigenvalue weighted by Crippen LogP contribution is -2.15. The molecule has 2 rings (SSSR count). The number of anilines is 2. The Kier molecular flexibility index (Phi) is 4.04.